The van der Waals surface area contributed by atoms with Gasteiger partial charge in [0.1, 0.15) is 5.75 Å². The predicted molar refractivity (Wildman–Crippen MR) is 114 cm³/mol. The average molecular weight is 432 g/mol. The highest BCUT2D eigenvalue weighted by Crippen LogP contribution is 2.26. The van der Waals surface area contributed by atoms with Gasteiger partial charge in [0.2, 0.25) is 10.0 Å². The highest BCUT2D eigenvalue weighted by Gasteiger charge is 2.18. The minimum Gasteiger partial charge on any atom is -0.481 e. The van der Waals surface area contributed by atoms with Crippen molar-refractivity contribution in [2.45, 2.75) is 17.9 Å². The normalized spacial score (nSPS) is 12.6. The molecule has 0 aliphatic rings. The van der Waals surface area contributed by atoms with Gasteiger partial charge in [0.15, 0.2) is 11.2 Å². The number of para-hydroxylation sites is 1. The Morgan fingerprint density at radius 3 is 2.38 bits per heavy atom. The molecule has 152 valence electrons. The van der Waals surface area contributed by atoms with Crippen LogP contribution in [0.1, 0.15) is 6.92 Å². The lowest BCUT2D eigenvalue weighted by molar-refractivity contribution is -0.122. The molecule has 1 N–H and O–H groups in total. The lowest BCUT2D eigenvalue weighted by Crippen LogP contribution is -2.30. The number of sulfonamides is 1. The van der Waals surface area contributed by atoms with Crippen LogP contribution in [0, 0.1) is 0 Å². The second kappa shape index (κ2) is 8.73. The lowest BCUT2D eigenvalue weighted by atomic mass is 10.2. The van der Waals surface area contributed by atoms with Gasteiger partial charge in [-0.25, -0.2) is 17.7 Å². The Labute approximate surface area is 174 Å². The fourth-order valence-electron chi connectivity index (χ4n) is 2.44. The first-order chi connectivity index (χ1) is 13.8. The zero-order valence-corrected chi connectivity index (χ0v) is 17.8. The molecule has 0 aliphatic carbocycles. The number of aromatic nitrogens is 1. The van der Waals surface area contributed by atoms with Crippen LogP contribution in [0.3, 0.4) is 0 Å². The SMILES string of the molecule is CC(Oc1ccccc1)C(=O)Nc1nc(-c2ccc(S(=O)(=O)N(C)C)cc2)cs1. The third-order valence-corrected chi connectivity index (χ3v) is 6.68. The van der Waals surface area contributed by atoms with Gasteiger partial charge < -0.3 is 4.74 Å². The first-order valence-corrected chi connectivity index (χ1v) is 11.1. The molecule has 0 radical (unpaired) electrons. The van der Waals surface area contributed by atoms with Crippen LogP contribution < -0.4 is 10.1 Å². The predicted octanol–water partition coefficient (Wildman–Crippen LogP) is 3.47. The van der Waals surface area contributed by atoms with Gasteiger partial charge in [0.25, 0.3) is 5.91 Å². The summed E-state index contributed by atoms with van der Waals surface area (Å²) in [5.74, 6) is 0.310. The van der Waals surface area contributed by atoms with Gasteiger partial charge in [0.05, 0.1) is 10.6 Å². The molecule has 0 spiro atoms. The fourth-order valence-corrected chi connectivity index (χ4v) is 4.06. The van der Waals surface area contributed by atoms with E-state index in [4.69, 9.17) is 4.74 Å². The van der Waals surface area contributed by atoms with Crippen molar-refractivity contribution >= 4 is 32.4 Å². The molecule has 1 aromatic heterocycles. The summed E-state index contributed by atoms with van der Waals surface area (Å²) in [6.45, 7) is 1.67. The fraction of sp³-hybridized carbons (Fsp3) is 0.200. The number of ether oxygens (including phenoxy) is 1. The lowest BCUT2D eigenvalue weighted by Gasteiger charge is -2.13. The molecule has 9 heteroatoms. The summed E-state index contributed by atoms with van der Waals surface area (Å²) in [6, 6.07) is 15.6. The van der Waals surface area contributed by atoms with E-state index >= 15 is 0 Å². The second-order valence-corrected chi connectivity index (χ2v) is 9.42. The van der Waals surface area contributed by atoms with Crippen LogP contribution in [0.2, 0.25) is 0 Å². The van der Waals surface area contributed by atoms with Crippen LogP contribution in [0.5, 0.6) is 5.75 Å². The average Bonchev–Trinajstić information content (AvgIpc) is 3.17. The number of carbonyl (C=O) groups excluding carboxylic acids is 1. The summed E-state index contributed by atoms with van der Waals surface area (Å²) in [5.41, 5.74) is 1.41. The summed E-state index contributed by atoms with van der Waals surface area (Å²) < 4.78 is 31.1. The van der Waals surface area contributed by atoms with E-state index in [0.29, 0.717) is 16.6 Å². The number of amides is 1. The van der Waals surface area contributed by atoms with Crippen molar-refractivity contribution < 1.29 is 17.9 Å². The van der Waals surface area contributed by atoms with Crippen LogP contribution in [-0.2, 0) is 14.8 Å². The minimum atomic E-state index is -3.48. The van der Waals surface area contributed by atoms with Gasteiger partial charge in [-0.05, 0) is 31.2 Å². The Bertz CT molecular complexity index is 1080. The summed E-state index contributed by atoms with van der Waals surface area (Å²) >= 11 is 1.29. The molecule has 0 aliphatic heterocycles. The van der Waals surface area contributed by atoms with Crippen LogP contribution in [0.4, 0.5) is 5.13 Å². The van der Waals surface area contributed by atoms with E-state index in [1.807, 2.05) is 18.2 Å². The monoisotopic (exact) mass is 431 g/mol. The van der Waals surface area contributed by atoms with Crippen molar-refractivity contribution in [1.82, 2.24) is 9.29 Å². The third kappa shape index (κ3) is 5.00. The maximum atomic E-state index is 12.3. The highest BCUT2D eigenvalue weighted by atomic mass is 32.2. The number of anilines is 1. The quantitative estimate of drug-likeness (QED) is 0.619. The minimum absolute atomic E-state index is 0.210. The number of hydrogen-bond acceptors (Lipinski definition) is 6. The van der Waals surface area contributed by atoms with E-state index < -0.39 is 16.1 Å². The van der Waals surface area contributed by atoms with Crippen molar-refractivity contribution in [2.75, 3.05) is 19.4 Å². The molecule has 0 bridgehead atoms. The van der Waals surface area contributed by atoms with Crippen molar-refractivity contribution in [1.29, 1.82) is 0 Å². The molecule has 7 nitrogen and oxygen atoms in total. The standard InChI is InChI=1S/C20H21N3O4S2/c1-14(27-16-7-5-4-6-8-16)19(24)22-20-21-18(13-28-20)15-9-11-17(12-10-15)29(25,26)23(2)3/h4-14H,1-3H3,(H,21,22,24). The number of carbonyl (C=O) groups is 1. The number of rotatable bonds is 7. The summed E-state index contributed by atoms with van der Waals surface area (Å²) in [5, 5.41) is 4.99. The molecular formula is C20H21N3O4S2. The molecular weight excluding hydrogens is 410 g/mol. The second-order valence-electron chi connectivity index (χ2n) is 6.41. The largest absolute Gasteiger partial charge is 0.481 e. The molecule has 0 fully saturated rings. The number of hydrogen-bond donors (Lipinski definition) is 1. The third-order valence-electron chi connectivity index (χ3n) is 4.09. The molecule has 3 aromatic rings. The molecule has 0 saturated carbocycles. The van der Waals surface area contributed by atoms with Crippen molar-refractivity contribution in [3.8, 4) is 17.0 Å². The summed E-state index contributed by atoms with van der Waals surface area (Å²) in [4.78, 5) is 17.0. The van der Waals surface area contributed by atoms with E-state index in [1.165, 1.54) is 37.6 Å². The van der Waals surface area contributed by atoms with Gasteiger partial charge in [-0.3, -0.25) is 10.1 Å². The van der Waals surface area contributed by atoms with Gasteiger partial charge in [-0.2, -0.15) is 0 Å². The van der Waals surface area contributed by atoms with Crippen LogP contribution >= 0.6 is 11.3 Å². The molecule has 1 atom stereocenters. The zero-order valence-electron chi connectivity index (χ0n) is 16.2. The Balaban J connectivity index is 1.67. The smallest absolute Gasteiger partial charge is 0.266 e. The Kier molecular flexibility index (Phi) is 6.31. The van der Waals surface area contributed by atoms with E-state index in [0.717, 1.165) is 9.87 Å². The number of benzene rings is 2. The van der Waals surface area contributed by atoms with Crippen molar-refractivity contribution in [3.63, 3.8) is 0 Å². The first kappa shape index (κ1) is 21.0. The number of nitrogens with one attached hydrogen (secondary N) is 1. The van der Waals surface area contributed by atoms with Gasteiger partial charge >= 0.3 is 0 Å². The van der Waals surface area contributed by atoms with Crippen molar-refractivity contribution in [2.24, 2.45) is 0 Å². The molecule has 1 heterocycles. The maximum absolute atomic E-state index is 12.3. The molecule has 1 amide bonds. The van der Waals surface area contributed by atoms with Crippen LogP contribution in [0.25, 0.3) is 11.3 Å². The Morgan fingerprint density at radius 1 is 1.10 bits per heavy atom. The Morgan fingerprint density at radius 2 is 1.76 bits per heavy atom. The topological polar surface area (TPSA) is 88.6 Å². The first-order valence-electron chi connectivity index (χ1n) is 8.78. The van der Waals surface area contributed by atoms with E-state index in [-0.39, 0.29) is 10.8 Å². The van der Waals surface area contributed by atoms with Gasteiger partial charge in [-0.15, -0.1) is 11.3 Å². The molecule has 0 saturated heterocycles. The van der Waals surface area contributed by atoms with Crippen molar-refractivity contribution in [3.05, 3.63) is 60.0 Å². The summed E-state index contributed by atoms with van der Waals surface area (Å²) in [6.07, 6.45) is -0.680. The molecule has 2 aromatic carbocycles. The van der Waals surface area contributed by atoms with E-state index in [9.17, 15) is 13.2 Å². The van der Waals surface area contributed by atoms with Crippen LogP contribution in [0.15, 0.2) is 64.9 Å². The molecule has 1 unspecified atom stereocenters. The zero-order chi connectivity index (χ0) is 21.0. The molecule has 3 rings (SSSR count). The maximum Gasteiger partial charge on any atom is 0.266 e. The molecule has 29 heavy (non-hydrogen) atoms. The summed E-state index contributed by atoms with van der Waals surface area (Å²) in [7, 11) is -0.503. The Hall–Kier alpha value is -2.75. The van der Waals surface area contributed by atoms with Crippen LogP contribution in [-0.4, -0.2) is 43.8 Å². The highest BCUT2D eigenvalue weighted by molar-refractivity contribution is 7.89. The van der Waals surface area contributed by atoms with Gasteiger partial charge in [0, 0.05) is 25.0 Å². The number of nitrogens with zero attached hydrogens (tertiary/aromatic N) is 2. The van der Waals surface area contributed by atoms with E-state index in [1.54, 1.807) is 36.6 Å². The van der Waals surface area contributed by atoms with E-state index in [2.05, 4.69) is 10.3 Å². The van der Waals surface area contributed by atoms with Gasteiger partial charge in [-0.1, -0.05) is 30.3 Å². The number of thiazole rings is 1.